The van der Waals surface area contributed by atoms with Crippen molar-refractivity contribution in [2.45, 2.75) is 31.5 Å². The number of aromatic nitrogens is 1. The van der Waals surface area contributed by atoms with Gasteiger partial charge in [-0.25, -0.2) is 4.79 Å². The SMILES string of the molecule is O=C(O)C1CCCCN1c1ccc2[nH]c(=O)cc(C(F)(F)F)c2c1. The van der Waals surface area contributed by atoms with Crippen molar-refractivity contribution in [3.63, 3.8) is 0 Å². The molecule has 2 N–H and O–H groups in total. The van der Waals surface area contributed by atoms with Crippen molar-refractivity contribution in [2.75, 3.05) is 11.4 Å². The van der Waals surface area contributed by atoms with Gasteiger partial charge in [0, 0.05) is 29.2 Å². The Morgan fingerprint density at radius 1 is 1.25 bits per heavy atom. The second kappa shape index (κ2) is 5.85. The van der Waals surface area contributed by atoms with Crippen LogP contribution in [0.1, 0.15) is 24.8 Å². The van der Waals surface area contributed by atoms with Crippen molar-refractivity contribution in [2.24, 2.45) is 0 Å². The molecule has 0 radical (unpaired) electrons. The van der Waals surface area contributed by atoms with Crippen LogP contribution in [0.4, 0.5) is 18.9 Å². The van der Waals surface area contributed by atoms with Crippen LogP contribution in [0.5, 0.6) is 0 Å². The molecule has 24 heavy (non-hydrogen) atoms. The third kappa shape index (κ3) is 2.95. The highest BCUT2D eigenvalue weighted by atomic mass is 19.4. The molecule has 1 aromatic heterocycles. The lowest BCUT2D eigenvalue weighted by Crippen LogP contribution is -2.44. The number of piperidine rings is 1. The largest absolute Gasteiger partial charge is 0.480 e. The maximum absolute atomic E-state index is 13.2. The molecule has 3 rings (SSSR count). The van der Waals surface area contributed by atoms with Crippen LogP contribution in [-0.2, 0) is 11.0 Å². The van der Waals surface area contributed by atoms with E-state index in [1.54, 1.807) is 11.0 Å². The minimum absolute atomic E-state index is 0.0717. The van der Waals surface area contributed by atoms with Gasteiger partial charge in [0.1, 0.15) is 6.04 Å². The zero-order chi connectivity index (χ0) is 17.5. The molecule has 1 atom stereocenters. The summed E-state index contributed by atoms with van der Waals surface area (Å²) in [6.45, 7) is 0.465. The van der Waals surface area contributed by atoms with Crippen LogP contribution in [0.2, 0.25) is 0 Å². The summed E-state index contributed by atoms with van der Waals surface area (Å²) in [5.74, 6) is -0.993. The number of hydrogen-bond acceptors (Lipinski definition) is 3. The smallest absolute Gasteiger partial charge is 0.417 e. The zero-order valence-corrected chi connectivity index (χ0v) is 12.6. The van der Waals surface area contributed by atoms with E-state index >= 15 is 0 Å². The lowest BCUT2D eigenvalue weighted by molar-refractivity contribution is -0.139. The van der Waals surface area contributed by atoms with Crippen molar-refractivity contribution in [3.05, 3.63) is 40.2 Å². The van der Waals surface area contributed by atoms with Crippen molar-refractivity contribution < 1.29 is 23.1 Å². The van der Waals surface area contributed by atoms with Gasteiger partial charge in [0.15, 0.2) is 0 Å². The molecule has 0 bridgehead atoms. The normalized spacial score (nSPS) is 18.8. The number of halogens is 3. The van der Waals surface area contributed by atoms with E-state index in [2.05, 4.69) is 4.98 Å². The summed E-state index contributed by atoms with van der Waals surface area (Å²) in [7, 11) is 0. The molecule has 2 aromatic rings. The molecule has 0 aliphatic carbocycles. The Morgan fingerprint density at radius 3 is 2.67 bits per heavy atom. The van der Waals surface area contributed by atoms with Gasteiger partial charge < -0.3 is 15.0 Å². The van der Waals surface area contributed by atoms with E-state index in [0.717, 1.165) is 12.8 Å². The number of carbonyl (C=O) groups is 1. The quantitative estimate of drug-likeness (QED) is 0.881. The predicted octanol–water partition coefficient (Wildman–Crippen LogP) is 2.99. The number of fused-ring (bicyclic) bond motifs is 1. The van der Waals surface area contributed by atoms with Crippen LogP contribution in [0.15, 0.2) is 29.1 Å². The molecular weight excluding hydrogens is 325 g/mol. The average molecular weight is 340 g/mol. The summed E-state index contributed by atoms with van der Waals surface area (Å²) in [6.07, 6.45) is -2.67. The second-order valence-corrected chi connectivity index (χ2v) is 5.82. The topological polar surface area (TPSA) is 73.4 Å². The number of pyridine rings is 1. The van der Waals surface area contributed by atoms with Gasteiger partial charge >= 0.3 is 12.1 Å². The monoisotopic (exact) mass is 340 g/mol. The lowest BCUT2D eigenvalue weighted by atomic mass is 10.00. The predicted molar refractivity (Wildman–Crippen MR) is 82.2 cm³/mol. The van der Waals surface area contributed by atoms with Crippen molar-refractivity contribution in [3.8, 4) is 0 Å². The van der Waals surface area contributed by atoms with E-state index in [4.69, 9.17) is 0 Å². The van der Waals surface area contributed by atoms with Gasteiger partial charge in [0.05, 0.1) is 5.56 Å². The summed E-state index contributed by atoms with van der Waals surface area (Å²) < 4.78 is 39.6. The van der Waals surface area contributed by atoms with Crippen LogP contribution in [0.3, 0.4) is 0 Å². The van der Waals surface area contributed by atoms with Crippen LogP contribution >= 0.6 is 0 Å². The molecule has 2 heterocycles. The number of H-pyrrole nitrogens is 1. The van der Waals surface area contributed by atoms with E-state index in [0.29, 0.717) is 24.7 Å². The lowest BCUT2D eigenvalue weighted by Gasteiger charge is -2.35. The fraction of sp³-hybridized carbons (Fsp3) is 0.375. The average Bonchev–Trinajstić information content (AvgIpc) is 2.52. The Morgan fingerprint density at radius 2 is 2.00 bits per heavy atom. The van der Waals surface area contributed by atoms with Gasteiger partial charge in [-0.3, -0.25) is 4.79 Å². The van der Waals surface area contributed by atoms with Crippen LogP contribution in [0, 0.1) is 0 Å². The summed E-state index contributed by atoms with van der Waals surface area (Å²) in [4.78, 5) is 26.8. The summed E-state index contributed by atoms with van der Waals surface area (Å²) in [5, 5.41) is 9.19. The van der Waals surface area contributed by atoms with Gasteiger partial charge in [0.2, 0.25) is 5.56 Å². The maximum Gasteiger partial charge on any atom is 0.417 e. The Labute approximate surface area is 134 Å². The molecule has 0 amide bonds. The zero-order valence-electron chi connectivity index (χ0n) is 12.6. The third-order valence-electron chi connectivity index (χ3n) is 4.25. The van der Waals surface area contributed by atoms with Crippen LogP contribution in [0.25, 0.3) is 10.9 Å². The second-order valence-electron chi connectivity index (χ2n) is 5.82. The minimum atomic E-state index is -4.67. The highest BCUT2D eigenvalue weighted by Crippen LogP contribution is 2.35. The molecule has 128 valence electrons. The first-order valence-electron chi connectivity index (χ1n) is 7.51. The summed E-state index contributed by atoms with van der Waals surface area (Å²) >= 11 is 0. The van der Waals surface area contributed by atoms with E-state index in [1.807, 2.05) is 0 Å². The van der Waals surface area contributed by atoms with Crippen molar-refractivity contribution in [1.29, 1.82) is 0 Å². The number of hydrogen-bond donors (Lipinski definition) is 2. The standard InChI is InChI=1S/C16H15F3N2O3/c17-16(18,19)11-8-14(22)20-12-5-4-9(7-10(11)12)21-6-2-1-3-13(21)15(23)24/h4-5,7-8,13H,1-3,6H2,(H,20,22)(H,23,24). The van der Waals surface area contributed by atoms with E-state index in [-0.39, 0.29) is 10.9 Å². The van der Waals surface area contributed by atoms with Crippen LogP contribution in [-0.4, -0.2) is 28.6 Å². The molecule has 1 saturated heterocycles. The molecule has 0 spiro atoms. The molecule has 1 aliphatic heterocycles. The number of carboxylic acid groups (broad SMARTS) is 1. The fourth-order valence-electron chi connectivity index (χ4n) is 3.15. The Balaban J connectivity index is 2.15. The number of carboxylic acids is 1. The number of nitrogens with one attached hydrogen (secondary N) is 1. The summed E-state index contributed by atoms with van der Waals surface area (Å²) in [6, 6.07) is 3.99. The minimum Gasteiger partial charge on any atom is -0.480 e. The first kappa shape index (κ1) is 16.4. The molecule has 1 fully saturated rings. The van der Waals surface area contributed by atoms with E-state index < -0.39 is 29.3 Å². The molecule has 8 heteroatoms. The molecule has 1 aromatic carbocycles. The number of alkyl halides is 3. The van der Waals surface area contributed by atoms with Gasteiger partial charge in [0.25, 0.3) is 0 Å². The Kier molecular flexibility index (Phi) is 3.98. The number of benzene rings is 1. The van der Waals surface area contributed by atoms with Gasteiger partial charge in [-0.1, -0.05) is 0 Å². The van der Waals surface area contributed by atoms with Gasteiger partial charge in [-0.2, -0.15) is 13.2 Å². The Hall–Kier alpha value is -2.51. The fourth-order valence-corrected chi connectivity index (χ4v) is 3.15. The number of aromatic amines is 1. The number of rotatable bonds is 2. The molecular formula is C16H15F3N2O3. The number of anilines is 1. The van der Waals surface area contributed by atoms with Gasteiger partial charge in [-0.05, 0) is 37.5 Å². The first-order chi connectivity index (χ1) is 11.3. The Bertz CT molecular complexity index is 845. The van der Waals surface area contributed by atoms with Gasteiger partial charge in [-0.15, -0.1) is 0 Å². The highest BCUT2D eigenvalue weighted by molar-refractivity contribution is 5.87. The third-order valence-corrected chi connectivity index (χ3v) is 4.25. The molecule has 1 unspecified atom stereocenters. The highest BCUT2D eigenvalue weighted by Gasteiger charge is 2.34. The number of aliphatic carboxylic acids is 1. The summed E-state index contributed by atoms with van der Waals surface area (Å²) in [5.41, 5.74) is -1.37. The first-order valence-corrected chi connectivity index (χ1v) is 7.51. The maximum atomic E-state index is 13.2. The van der Waals surface area contributed by atoms with E-state index in [9.17, 15) is 27.9 Å². The van der Waals surface area contributed by atoms with Crippen LogP contribution < -0.4 is 10.5 Å². The van der Waals surface area contributed by atoms with Crippen molar-refractivity contribution in [1.82, 2.24) is 4.98 Å². The van der Waals surface area contributed by atoms with Crippen molar-refractivity contribution >= 4 is 22.6 Å². The molecule has 5 nitrogen and oxygen atoms in total. The van der Waals surface area contributed by atoms with E-state index in [1.165, 1.54) is 12.1 Å². The molecule has 1 aliphatic rings. The number of nitrogens with zero attached hydrogens (tertiary/aromatic N) is 1. The molecule has 0 saturated carbocycles.